The monoisotopic (exact) mass is 248 g/mol. The third-order valence-corrected chi connectivity index (χ3v) is 3.14. The molecule has 1 aliphatic heterocycles. The first kappa shape index (κ1) is 12.3. The molecule has 1 atom stereocenters. The molecule has 3 amide bonds. The molecule has 0 radical (unpaired) electrons. The number of aryl methyl sites for hydroxylation is 2. The number of fused-ring (bicyclic) bond motifs is 1. The second-order valence-electron chi connectivity index (χ2n) is 4.31. The van der Waals surface area contributed by atoms with E-state index in [4.69, 9.17) is 5.73 Å². The number of rotatable bonds is 1. The molecule has 1 unspecified atom stereocenters. The minimum Gasteiger partial charge on any atom is -0.369 e. The minimum atomic E-state index is -1.32. The molecule has 6 heteroatoms. The third kappa shape index (κ3) is 1.58. The maximum absolute atomic E-state index is 11.8. The number of hydrogen-bond acceptors (Lipinski definition) is 4. The molecule has 1 aromatic rings. The van der Waals surface area contributed by atoms with Crippen molar-refractivity contribution < 1.29 is 19.6 Å². The van der Waals surface area contributed by atoms with E-state index in [0.29, 0.717) is 0 Å². The Morgan fingerprint density at radius 1 is 1.28 bits per heavy atom. The van der Waals surface area contributed by atoms with Crippen molar-refractivity contribution in [1.29, 1.82) is 0 Å². The van der Waals surface area contributed by atoms with Crippen LogP contribution in [-0.4, -0.2) is 28.0 Å². The fourth-order valence-electron chi connectivity index (χ4n) is 2.01. The smallest absolute Gasteiger partial charge is 0.284 e. The molecule has 2 rings (SSSR count). The van der Waals surface area contributed by atoms with Gasteiger partial charge in [-0.15, -0.1) is 0 Å². The molecular weight excluding hydrogens is 236 g/mol. The first-order valence-electron chi connectivity index (χ1n) is 5.32. The molecule has 1 aromatic carbocycles. The van der Waals surface area contributed by atoms with E-state index in [0.717, 1.165) is 11.1 Å². The van der Waals surface area contributed by atoms with Gasteiger partial charge in [-0.25, -0.2) is 0 Å². The zero-order valence-corrected chi connectivity index (χ0v) is 9.93. The van der Waals surface area contributed by atoms with Crippen LogP contribution in [0.15, 0.2) is 12.1 Å². The van der Waals surface area contributed by atoms with E-state index in [1.54, 1.807) is 26.0 Å². The van der Waals surface area contributed by atoms with Gasteiger partial charge in [-0.1, -0.05) is 6.07 Å². The van der Waals surface area contributed by atoms with E-state index in [-0.39, 0.29) is 16.2 Å². The summed E-state index contributed by atoms with van der Waals surface area (Å²) >= 11 is 0. The molecular formula is C12H12N2O4. The molecule has 0 fully saturated rings. The summed E-state index contributed by atoms with van der Waals surface area (Å²) in [5, 5.41) is 9.35. The Labute approximate surface area is 103 Å². The Balaban J connectivity index is 2.74. The van der Waals surface area contributed by atoms with Crippen molar-refractivity contribution in [2.75, 3.05) is 0 Å². The molecule has 18 heavy (non-hydrogen) atoms. The number of imide groups is 1. The number of benzene rings is 1. The molecule has 1 aliphatic rings. The normalized spacial score (nSPS) is 18.8. The molecule has 1 heterocycles. The molecule has 0 aromatic heterocycles. The summed E-state index contributed by atoms with van der Waals surface area (Å²) in [6, 6.07) is 3.13. The number of carbonyl (C=O) groups is 3. The SMILES string of the molecule is Cc1cc2c(cc1C)C(C(N)=O)C(=O)N(O)C2=O. The van der Waals surface area contributed by atoms with E-state index in [2.05, 4.69) is 0 Å². The summed E-state index contributed by atoms with van der Waals surface area (Å²) in [6.07, 6.45) is 0. The van der Waals surface area contributed by atoms with Crippen LogP contribution in [0, 0.1) is 13.8 Å². The van der Waals surface area contributed by atoms with Crippen LogP contribution in [0.2, 0.25) is 0 Å². The predicted octanol–water partition coefficient (Wildman–Crippen LogP) is 0.244. The van der Waals surface area contributed by atoms with Gasteiger partial charge in [-0.2, -0.15) is 5.06 Å². The Morgan fingerprint density at radius 3 is 2.39 bits per heavy atom. The number of amides is 3. The summed E-state index contributed by atoms with van der Waals surface area (Å²) < 4.78 is 0. The zero-order chi connectivity index (χ0) is 13.6. The third-order valence-electron chi connectivity index (χ3n) is 3.14. The Hall–Kier alpha value is -2.21. The van der Waals surface area contributed by atoms with Crippen LogP contribution in [0.4, 0.5) is 0 Å². The van der Waals surface area contributed by atoms with Crippen LogP contribution in [-0.2, 0) is 9.59 Å². The molecule has 0 aliphatic carbocycles. The van der Waals surface area contributed by atoms with E-state index >= 15 is 0 Å². The lowest BCUT2D eigenvalue weighted by Gasteiger charge is -2.27. The van der Waals surface area contributed by atoms with Crippen LogP contribution in [0.5, 0.6) is 0 Å². The number of nitrogens with zero attached hydrogens (tertiary/aromatic N) is 1. The molecule has 3 N–H and O–H groups in total. The first-order chi connectivity index (χ1) is 8.34. The van der Waals surface area contributed by atoms with Crippen molar-refractivity contribution in [3.05, 3.63) is 34.4 Å². The van der Waals surface area contributed by atoms with Gasteiger partial charge in [-0.3, -0.25) is 19.6 Å². The summed E-state index contributed by atoms with van der Waals surface area (Å²) in [5.74, 6) is -4.06. The van der Waals surface area contributed by atoms with Crippen LogP contribution < -0.4 is 5.73 Å². The van der Waals surface area contributed by atoms with Gasteiger partial charge in [0.25, 0.3) is 11.8 Å². The lowest BCUT2D eigenvalue weighted by atomic mass is 9.86. The fraction of sp³-hybridized carbons (Fsp3) is 0.250. The van der Waals surface area contributed by atoms with Crippen LogP contribution >= 0.6 is 0 Å². The van der Waals surface area contributed by atoms with Gasteiger partial charge in [0, 0.05) is 5.56 Å². The largest absolute Gasteiger partial charge is 0.369 e. The quantitative estimate of drug-likeness (QED) is 0.422. The highest BCUT2D eigenvalue weighted by molar-refractivity contribution is 6.17. The highest BCUT2D eigenvalue weighted by Crippen LogP contribution is 2.30. The van der Waals surface area contributed by atoms with Gasteiger partial charge in [0.1, 0.15) is 5.92 Å². The van der Waals surface area contributed by atoms with Crippen LogP contribution in [0.25, 0.3) is 0 Å². The highest BCUT2D eigenvalue weighted by atomic mass is 16.5. The highest BCUT2D eigenvalue weighted by Gasteiger charge is 2.41. The number of carbonyl (C=O) groups excluding carboxylic acids is 3. The van der Waals surface area contributed by atoms with Gasteiger partial charge in [0.05, 0.1) is 0 Å². The number of nitrogens with two attached hydrogens (primary N) is 1. The van der Waals surface area contributed by atoms with Gasteiger partial charge >= 0.3 is 0 Å². The van der Waals surface area contributed by atoms with Crippen molar-refractivity contribution in [1.82, 2.24) is 5.06 Å². The van der Waals surface area contributed by atoms with E-state index in [1.165, 1.54) is 0 Å². The van der Waals surface area contributed by atoms with Gasteiger partial charge < -0.3 is 5.73 Å². The van der Waals surface area contributed by atoms with Crippen molar-refractivity contribution in [2.45, 2.75) is 19.8 Å². The molecule has 0 bridgehead atoms. The summed E-state index contributed by atoms with van der Waals surface area (Å²) in [4.78, 5) is 34.8. The maximum Gasteiger partial charge on any atom is 0.284 e. The summed E-state index contributed by atoms with van der Waals surface area (Å²) in [7, 11) is 0. The number of hydrogen-bond donors (Lipinski definition) is 2. The Kier molecular flexibility index (Phi) is 2.67. The molecule has 0 saturated heterocycles. The summed E-state index contributed by atoms with van der Waals surface area (Å²) in [6.45, 7) is 3.59. The zero-order valence-electron chi connectivity index (χ0n) is 9.93. The summed E-state index contributed by atoms with van der Waals surface area (Å²) in [5.41, 5.74) is 7.21. The second kappa shape index (κ2) is 3.92. The lowest BCUT2D eigenvalue weighted by molar-refractivity contribution is -0.158. The van der Waals surface area contributed by atoms with E-state index in [1.807, 2.05) is 0 Å². The van der Waals surface area contributed by atoms with Crippen molar-refractivity contribution in [3.8, 4) is 0 Å². The van der Waals surface area contributed by atoms with Gasteiger partial charge in [-0.05, 0) is 36.6 Å². The maximum atomic E-state index is 11.8. The van der Waals surface area contributed by atoms with Crippen LogP contribution in [0.3, 0.4) is 0 Å². The minimum absolute atomic E-state index is 0.0491. The van der Waals surface area contributed by atoms with Crippen molar-refractivity contribution >= 4 is 17.7 Å². The van der Waals surface area contributed by atoms with E-state index in [9.17, 15) is 19.6 Å². The number of primary amides is 1. The molecule has 0 saturated carbocycles. The van der Waals surface area contributed by atoms with Crippen LogP contribution in [0.1, 0.15) is 33.0 Å². The van der Waals surface area contributed by atoms with Gasteiger partial charge in [0.2, 0.25) is 5.91 Å². The standard InChI is InChI=1S/C12H12N2O4/c1-5-3-7-8(4-6(5)2)11(16)14(18)12(17)9(7)10(13)15/h3-4,9,18H,1-2H3,(H2,13,15). The Bertz CT molecular complexity index is 580. The molecule has 94 valence electrons. The van der Waals surface area contributed by atoms with Crippen molar-refractivity contribution in [3.63, 3.8) is 0 Å². The number of hydroxylamine groups is 2. The lowest BCUT2D eigenvalue weighted by Crippen LogP contribution is -2.46. The first-order valence-corrected chi connectivity index (χ1v) is 5.32. The predicted molar refractivity (Wildman–Crippen MR) is 60.8 cm³/mol. The van der Waals surface area contributed by atoms with Crippen molar-refractivity contribution in [2.24, 2.45) is 5.73 Å². The topological polar surface area (TPSA) is 101 Å². The van der Waals surface area contributed by atoms with E-state index < -0.39 is 23.6 Å². The van der Waals surface area contributed by atoms with Gasteiger partial charge in [0.15, 0.2) is 0 Å². The molecule has 6 nitrogen and oxygen atoms in total. The Morgan fingerprint density at radius 2 is 1.83 bits per heavy atom. The molecule has 0 spiro atoms. The fourth-order valence-corrected chi connectivity index (χ4v) is 2.01. The second-order valence-corrected chi connectivity index (χ2v) is 4.31. The average Bonchev–Trinajstić information content (AvgIpc) is 2.29. The average molecular weight is 248 g/mol.